The first-order chi connectivity index (χ1) is 16.9. The number of Topliss-reactive ketones (excluding diaryl/α,β-unsaturated/α-hetero) is 1. The summed E-state index contributed by atoms with van der Waals surface area (Å²) in [4.78, 5) is 32.7. The molecule has 182 valence electrons. The smallest absolute Gasteiger partial charge is 0.220 e. The number of amides is 1. The van der Waals surface area contributed by atoms with E-state index in [1.165, 1.54) is 6.42 Å². The number of nitriles is 1. The molecule has 1 fully saturated rings. The molecule has 1 aliphatic heterocycles. The Balaban J connectivity index is 1.78. The molecule has 1 unspecified atom stereocenters. The van der Waals surface area contributed by atoms with Crippen molar-refractivity contribution in [2.45, 2.75) is 52.4 Å². The van der Waals surface area contributed by atoms with Crippen LogP contribution < -0.4 is 5.32 Å². The molecule has 7 nitrogen and oxygen atoms in total. The summed E-state index contributed by atoms with van der Waals surface area (Å²) in [6, 6.07) is 11.6. The van der Waals surface area contributed by atoms with Gasteiger partial charge in [-0.1, -0.05) is 13.3 Å². The van der Waals surface area contributed by atoms with Crippen molar-refractivity contribution in [2.24, 2.45) is 0 Å². The summed E-state index contributed by atoms with van der Waals surface area (Å²) in [7, 11) is 0. The Bertz CT molecular complexity index is 1260. The van der Waals surface area contributed by atoms with E-state index < -0.39 is 0 Å². The van der Waals surface area contributed by atoms with Gasteiger partial charge in [0.2, 0.25) is 5.91 Å². The van der Waals surface area contributed by atoms with Crippen molar-refractivity contribution in [3.05, 3.63) is 58.9 Å². The van der Waals surface area contributed by atoms with Gasteiger partial charge in [-0.15, -0.1) is 0 Å². The predicted molar refractivity (Wildman–Crippen MR) is 137 cm³/mol. The average molecular weight is 472 g/mol. The number of benzene rings is 1. The minimum absolute atomic E-state index is 0.0103. The molecule has 0 saturated carbocycles. The van der Waals surface area contributed by atoms with Gasteiger partial charge in [-0.25, -0.2) is 0 Å². The number of aromatic nitrogens is 2. The van der Waals surface area contributed by atoms with Gasteiger partial charge in [-0.2, -0.15) is 5.26 Å². The van der Waals surface area contributed by atoms with E-state index in [0.717, 1.165) is 48.4 Å². The summed E-state index contributed by atoms with van der Waals surface area (Å²) in [5, 5.41) is 12.1. The highest BCUT2D eigenvalue weighted by Crippen LogP contribution is 2.31. The molecule has 0 bridgehead atoms. The zero-order valence-corrected chi connectivity index (χ0v) is 20.8. The second kappa shape index (κ2) is 10.8. The van der Waals surface area contributed by atoms with Crippen LogP contribution in [0.3, 0.4) is 0 Å². The van der Waals surface area contributed by atoms with Gasteiger partial charge in [0.25, 0.3) is 0 Å². The van der Waals surface area contributed by atoms with Crippen LogP contribution in [0.15, 0.2) is 36.5 Å². The van der Waals surface area contributed by atoms with Gasteiger partial charge in [0.05, 0.1) is 34.8 Å². The van der Waals surface area contributed by atoms with Crippen molar-refractivity contribution < 1.29 is 9.59 Å². The lowest BCUT2D eigenvalue weighted by molar-refractivity contribution is -0.121. The van der Waals surface area contributed by atoms with Gasteiger partial charge in [-0.3, -0.25) is 19.5 Å². The first-order valence-corrected chi connectivity index (χ1v) is 12.5. The van der Waals surface area contributed by atoms with Crippen molar-refractivity contribution in [3.8, 4) is 11.8 Å². The van der Waals surface area contributed by atoms with E-state index in [1.807, 2.05) is 32.9 Å². The lowest BCUT2D eigenvalue weighted by Gasteiger charge is -2.25. The Morgan fingerprint density at radius 2 is 1.89 bits per heavy atom. The maximum absolute atomic E-state index is 13.5. The number of hydrogen-bond acceptors (Lipinski definition) is 5. The molecule has 35 heavy (non-hydrogen) atoms. The van der Waals surface area contributed by atoms with Crippen LogP contribution in [0.4, 0.5) is 0 Å². The van der Waals surface area contributed by atoms with Crippen LogP contribution >= 0.6 is 0 Å². The fourth-order valence-electron chi connectivity index (χ4n) is 4.98. The van der Waals surface area contributed by atoms with Crippen molar-refractivity contribution in [1.82, 2.24) is 19.8 Å². The van der Waals surface area contributed by atoms with E-state index >= 15 is 0 Å². The molecule has 0 radical (unpaired) electrons. The standard InChI is InChI=1S/C28H33N5O2/c1-4-30-26(35)14-19(2)22-15-24-28(31-17-22)27(25(34)18-32-12-6-5-7-13-32)20(3)33(24)23-10-8-21(16-29)9-11-23/h8-11,15,17,19H,4-7,12-14,18H2,1-3H3,(H,30,35). The normalized spacial score (nSPS) is 15.0. The van der Waals surface area contributed by atoms with Crippen molar-refractivity contribution >= 4 is 22.7 Å². The number of ketones is 1. The SMILES string of the molecule is CCNC(=O)CC(C)c1cnc2c(C(=O)CN3CCCCC3)c(C)n(-c3ccc(C#N)cc3)c2c1. The minimum atomic E-state index is -0.0180. The maximum atomic E-state index is 13.5. The van der Waals surface area contributed by atoms with E-state index in [4.69, 9.17) is 4.98 Å². The molecule has 3 aromatic rings. The molecule has 7 heteroatoms. The lowest BCUT2D eigenvalue weighted by atomic mass is 9.98. The van der Waals surface area contributed by atoms with Gasteiger partial charge in [0.15, 0.2) is 5.78 Å². The molecule has 2 aromatic heterocycles. The van der Waals surface area contributed by atoms with Crippen LogP contribution in [0.1, 0.15) is 72.6 Å². The maximum Gasteiger partial charge on any atom is 0.220 e. The number of fused-ring (bicyclic) bond motifs is 1. The monoisotopic (exact) mass is 471 g/mol. The molecule has 1 aliphatic rings. The number of likely N-dealkylation sites (tertiary alicyclic amines) is 1. The second-order valence-corrected chi connectivity index (χ2v) is 9.41. The number of piperidine rings is 1. The number of rotatable bonds is 8. The first-order valence-electron chi connectivity index (χ1n) is 12.5. The molecule has 1 N–H and O–H groups in total. The molecular weight excluding hydrogens is 438 g/mol. The highest BCUT2D eigenvalue weighted by atomic mass is 16.1. The highest BCUT2D eigenvalue weighted by Gasteiger charge is 2.25. The largest absolute Gasteiger partial charge is 0.356 e. The molecule has 3 heterocycles. The third-order valence-electron chi connectivity index (χ3n) is 6.85. The Morgan fingerprint density at radius 3 is 2.54 bits per heavy atom. The molecule has 0 spiro atoms. The number of nitrogens with zero attached hydrogens (tertiary/aromatic N) is 4. The lowest BCUT2D eigenvalue weighted by Crippen LogP contribution is -2.34. The zero-order chi connectivity index (χ0) is 24.9. The van der Waals surface area contributed by atoms with E-state index in [9.17, 15) is 14.9 Å². The second-order valence-electron chi connectivity index (χ2n) is 9.41. The quantitative estimate of drug-likeness (QED) is 0.488. The van der Waals surface area contributed by atoms with Gasteiger partial charge < -0.3 is 9.88 Å². The topological polar surface area (TPSA) is 91.0 Å². The number of pyridine rings is 1. The van der Waals surface area contributed by atoms with Crippen molar-refractivity contribution in [2.75, 3.05) is 26.2 Å². The van der Waals surface area contributed by atoms with Crippen LogP contribution in [-0.4, -0.2) is 52.3 Å². The zero-order valence-electron chi connectivity index (χ0n) is 20.8. The van der Waals surface area contributed by atoms with E-state index in [1.54, 1.807) is 18.3 Å². The minimum Gasteiger partial charge on any atom is -0.356 e. The van der Waals surface area contributed by atoms with E-state index in [0.29, 0.717) is 36.2 Å². The predicted octanol–water partition coefficient (Wildman–Crippen LogP) is 4.50. The van der Waals surface area contributed by atoms with E-state index in [2.05, 4.69) is 26.9 Å². The number of nitrogens with one attached hydrogen (secondary N) is 1. The highest BCUT2D eigenvalue weighted by molar-refractivity contribution is 6.09. The summed E-state index contributed by atoms with van der Waals surface area (Å²) in [5.41, 5.74) is 5.42. The van der Waals surface area contributed by atoms with Crippen LogP contribution in [0.2, 0.25) is 0 Å². The molecule has 0 aliphatic carbocycles. The molecular formula is C28H33N5O2. The molecule has 1 atom stereocenters. The fourth-order valence-corrected chi connectivity index (χ4v) is 4.98. The van der Waals surface area contributed by atoms with Crippen LogP contribution in [0.25, 0.3) is 16.7 Å². The summed E-state index contributed by atoms with van der Waals surface area (Å²) in [6.07, 6.45) is 5.65. The number of hydrogen-bond donors (Lipinski definition) is 1. The molecule has 1 aromatic carbocycles. The van der Waals surface area contributed by atoms with Gasteiger partial charge >= 0.3 is 0 Å². The summed E-state index contributed by atoms with van der Waals surface area (Å²) in [5.74, 6) is 0.0733. The summed E-state index contributed by atoms with van der Waals surface area (Å²) in [6.45, 7) is 8.79. The molecule has 1 amide bonds. The Kier molecular flexibility index (Phi) is 7.62. The number of carbonyl (C=O) groups is 2. The Morgan fingerprint density at radius 1 is 1.17 bits per heavy atom. The van der Waals surface area contributed by atoms with Gasteiger partial charge in [-0.05, 0) is 81.6 Å². The molecule has 1 saturated heterocycles. The fraction of sp³-hybridized carbons (Fsp3) is 0.429. The van der Waals surface area contributed by atoms with E-state index in [-0.39, 0.29) is 17.6 Å². The van der Waals surface area contributed by atoms with Gasteiger partial charge in [0, 0.05) is 30.5 Å². The average Bonchev–Trinajstić information content (AvgIpc) is 3.15. The Labute approximate surface area is 206 Å². The van der Waals surface area contributed by atoms with Crippen LogP contribution in [-0.2, 0) is 4.79 Å². The van der Waals surface area contributed by atoms with Crippen molar-refractivity contribution in [3.63, 3.8) is 0 Å². The Hall–Kier alpha value is -3.50. The van der Waals surface area contributed by atoms with Crippen LogP contribution in [0.5, 0.6) is 0 Å². The third-order valence-corrected chi connectivity index (χ3v) is 6.85. The summed E-state index contributed by atoms with van der Waals surface area (Å²) < 4.78 is 2.05. The molecule has 4 rings (SSSR count). The van der Waals surface area contributed by atoms with Crippen LogP contribution in [0, 0.1) is 18.3 Å². The number of carbonyl (C=O) groups excluding carboxylic acids is 2. The van der Waals surface area contributed by atoms with Crippen molar-refractivity contribution in [1.29, 1.82) is 5.26 Å². The first kappa shape index (κ1) is 24.6. The summed E-state index contributed by atoms with van der Waals surface area (Å²) >= 11 is 0. The van der Waals surface area contributed by atoms with Gasteiger partial charge in [0.1, 0.15) is 0 Å². The third kappa shape index (κ3) is 5.28.